The predicted octanol–water partition coefficient (Wildman–Crippen LogP) is 2.35. The standard InChI is InChI=1S/C15H22N2O.ClH/c1-12-3-5-13(6-4-12)7-8-14(18)17-11-15(16)9-2-10-15;/h3-6H,2,7-11,16H2,1H3,(H,17,18);1H. The molecule has 1 aromatic rings. The summed E-state index contributed by atoms with van der Waals surface area (Å²) in [5, 5.41) is 2.94. The normalized spacial score (nSPS) is 16.1. The largest absolute Gasteiger partial charge is 0.354 e. The molecule has 0 spiro atoms. The van der Waals surface area contributed by atoms with Gasteiger partial charge in [-0.2, -0.15) is 0 Å². The first-order valence-electron chi connectivity index (χ1n) is 6.69. The number of hydrogen-bond donors (Lipinski definition) is 2. The van der Waals surface area contributed by atoms with Crippen LogP contribution in [0, 0.1) is 6.92 Å². The Morgan fingerprint density at radius 3 is 2.47 bits per heavy atom. The van der Waals surface area contributed by atoms with E-state index in [4.69, 9.17) is 5.73 Å². The van der Waals surface area contributed by atoms with Gasteiger partial charge in [-0.1, -0.05) is 29.8 Å². The average Bonchev–Trinajstić information content (AvgIpc) is 2.33. The first kappa shape index (κ1) is 16.0. The summed E-state index contributed by atoms with van der Waals surface area (Å²) >= 11 is 0. The highest BCUT2D eigenvalue weighted by Crippen LogP contribution is 2.27. The van der Waals surface area contributed by atoms with Gasteiger partial charge in [-0.05, 0) is 38.2 Å². The number of halogens is 1. The fourth-order valence-corrected chi connectivity index (χ4v) is 2.18. The smallest absolute Gasteiger partial charge is 0.220 e. The number of nitrogens with one attached hydrogen (secondary N) is 1. The molecule has 3 N–H and O–H groups in total. The Morgan fingerprint density at radius 2 is 1.95 bits per heavy atom. The van der Waals surface area contributed by atoms with Crippen molar-refractivity contribution in [2.45, 2.75) is 44.6 Å². The molecule has 3 nitrogen and oxygen atoms in total. The maximum atomic E-state index is 11.7. The quantitative estimate of drug-likeness (QED) is 0.871. The number of amides is 1. The van der Waals surface area contributed by atoms with Crippen LogP contribution in [0.25, 0.3) is 0 Å². The highest BCUT2D eigenvalue weighted by atomic mass is 35.5. The molecule has 4 heteroatoms. The van der Waals surface area contributed by atoms with Crippen LogP contribution < -0.4 is 11.1 Å². The Labute approximate surface area is 121 Å². The summed E-state index contributed by atoms with van der Waals surface area (Å²) in [7, 11) is 0. The van der Waals surface area contributed by atoms with Crippen molar-refractivity contribution >= 4 is 18.3 Å². The summed E-state index contributed by atoms with van der Waals surface area (Å²) in [4.78, 5) is 11.7. The van der Waals surface area contributed by atoms with E-state index in [9.17, 15) is 4.79 Å². The summed E-state index contributed by atoms with van der Waals surface area (Å²) < 4.78 is 0. The zero-order chi connectivity index (χ0) is 13.0. The minimum absolute atomic E-state index is 0. The second-order valence-corrected chi connectivity index (χ2v) is 5.48. The van der Waals surface area contributed by atoms with Gasteiger partial charge in [0.2, 0.25) is 5.91 Å². The molecule has 0 aliphatic heterocycles. The van der Waals surface area contributed by atoms with Gasteiger partial charge in [0, 0.05) is 18.5 Å². The Hall–Kier alpha value is -1.06. The molecule has 0 aromatic heterocycles. The van der Waals surface area contributed by atoms with Gasteiger partial charge in [-0.3, -0.25) is 4.79 Å². The van der Waals surface area contributed by atoms with E-state index in [0.29, 0.717) is 13.0 Å². The lowest BCUT2D eigenvalue weighted by atomic mass is 9.78. The van der Waals surface area contributed by atoms with Crippen molar-refractivity contribution in [1.29, 1.82) is 0 Å². The molecule has 0 atom stereocenters. The summed E-state index contributed by atoms with van der Waals surface area (Å²) in [5.74, 6) is 0.104. The Kier molecular flexibility index (Phi) is 5.83. The maximum Gasteiger partial charge on any atom is 0.220 e. The molecule has 1 aliphatic carbocycles. The van der Waals surface area contributed by atoms with Crippen LogP contribution in [0.3, 0.4) is 0 Å². The molecule has 0 saturated heterocycles. The van der Waals surface area contributed by atoms with Crippen LogP contribution in [0.1, 0.15) is 36.8 Å². The molecule has 0 heterocycles. The number of rotatable bonds is 5. The average molecular weight is 283 g/mol. The van der Waals surface area contributed by atoms with E-state index in [1.165, 1.54) is 17.5 Å². The molecule has 1 aromatic carbocycles. The molecule has 19 heavy (non-hydrogen) atoms. The van der Waals surface area contributed by atoms with Crippen LogP contribution in [0.4, 0.5) is 0 Å². The first-order valence-corrected chi connectivity index (χ1v) is 6.69. The van der Waals surface area contributed by atoms with E-state index in [-0.39, 0.29) is 23.9 Å². The zero-order valence-electron chi connectivity index (χ0n) is 11.4. The molecule has 2 rings (SSSR count). The second kappa shape index (κ2) is 6.92. The van der Waals surface area contributed by atoms with Crippen LogP contribution in [0.15, 0.2) is 24.3 Å². The van der Waals surface area contributed by atoms with Crippen molar-refractivity contribution in [3.63, 3.8) is 0 Å². The van der Waals surface area contributed by atoms with Crippen LogP contribution in [0.5, 0.6) is 0 Å². The van der Waals surface area contributed by atoms with E-state index in [1.807, 2.05) is 0 Å². The van der Waals surface area contributed by atoms with Gasteiger partial charge in [-0.15, -0.1) is 12.4 Å². The molecule has 0 unspecified atom stereocenters. The lowest BCUT2D eigenvalue weighted by Crippen LogP contribution is -2.54. The Bertz CT molecular complexity index is 413. The molecule has 106 valence electrons. The monoisotopic (exact) mass is 282 g/mol. The van der Waals surface area contributed by atoms with Gasteiger partial charge in [0.1, 0.15) is 0 Å². The van der Waals surface area contributed by atoms with Crippen molar-refractivity contribution in [3.8, 4) is 0 Å². The highest BCUT2D eigenvalue weighted by molar-refractivity contribution is 5.85. The Morgan fingerprint density at radius 1 is 1.32 bits per heavy atom. The fourth-order valence-electron chi connectivity index (χ4n) is 2.18. The highest BCUT2D eigenvalue weighted by Gasteiger charge is 2.32. The van der Waals surface area contributed by atoms with Crippen LogP contribution >= 0.6 is 12.4 Å². The van der Waals surface area contributed by atoms with Crippen LogP contribution in [-0.4, -0.2) is 18.0 Å². The van der Waals surface area contributed by atoms with Crippen LogP contribution in [0.2, 0.25) is 0 Å². The third-order valence-corrected chi connectivity index (χ3v) is 3.75. The van der Waals surface area contributed by atoms with Gasteiger partial charge in [0.05, 0.1) is 0 Å². The summed E-state index contributed by atoms with van der Waals surface area (Å²) in [6.45, 7) is 2.69. The Balaban J connectivity index is 0.00000180. The molecular formula is C15H23ClN2O. The molecule has 1 saturated carbocycles. The van der Waals surface area contributed by atoms with Gasteiger partial charge in [0.25, 0.3) is 0 Å². The molecule has 0 radical (unpaired) electrons. The zero-order valence-corrected chi connectivity index (χ0v) is 12.3. The predicted molar refractivity (Wildman–Crippen MR) is 80.5 cm³/mol. The van der Waals surface area contributed by atoms with E-state index in [0.717, 1.165) is 19.3 Å². The number of nitrogens with two attached hydrogens (primary N) is 1. The van der Waals surface area contributed by atoms with Gasteiger partial charge in [0.15, 0.2) is 0 Å². The van der Waals surface area contributed by atoms with Gasteiger partial charge >= 0.3 is 0 Å². The molecular weight excluding hydrogens is 260 g/mol. The lowest BCUT2D eigenvalue weighted by molar-refractivity contribution is -0.121. The second-order valence-electron chi connectivity index (χ2n) is 5.48. The molecule has 1 fully saturated rings. The number of benzene rings is 1. The van der Waals surface area contributed by atoms with E-state index >= 15 is 0 Å². The van der Waals surface area contributed by atoms with Crippen molar-refractivity contribution in [1.82, 2.24) is 5.32 Å². The third kappa shape index (κ3) is 4.84. The van der Waals surface area contributed by atoms with Crippen molar-refractivity contribution in [2.24, 2.45) is 5.73 Å². The number of carbonyl (C=O) groups is 1. The van der Waals surface area contributed by atoms with E-state index in [1.54, 1.807) is 0 Å². The van der Waals surface area contributed by atoms with Gasteiger partial charge < -0.3 is 11.1 Å². The minimum atomic E-state index is -0.125. The van der Waals surface area contributed by atoms with Crippen molar-refractivity contribution < 1.29 is 4.79 Å². The molecule has 1 aliphatic rings. The molecule has 1 amide bonds. The lowest BCUT2D eigenvalue weighted by Gasteiger charge is -2.38. The first-order chi connectivity index (χ1) is 8.57. The van der Waals surface area contributed by atoms with Crippen molar-refractivity contribution in [3.05, 3.63) is 35.4 Å². The third-order valence-electron chi connectivity index (χ3n) is 3.75. The maximum absolute atomic E-state index is 11.7. The number of carbonyl (C=O) groups excluding carboxylic acids is 1. The van der Waals surface area contributed by atoms with E-state index < -0.39 is 0 Å². The van der Waals surface area contributed by atoms with Crippen LogP contribution in [-0.2, 0) is 11.2 Å². The van der Waals surface area contributed by atoms with Crippen molar-refractivity contribution in [2.75, 3.05) is 6.54 Å². The summed E-state index contributed by atoms with van der Waals surface area (Å²) in [6.07, 6.45) is 4.59. The minimum Gasteiger partial charge on any atom is -0.354 e. The topological polar surface area (TPSA) is 55.1 Å². The summed E-state index contributed by atoms with van der Waals surface area (Å²) in [5.41, 5.74) is 8.39. The number of hydrogen-bond acceptors (Lipinski definition) is 2. The fraction of sp³-hybridized carbons (Fsp3) is 0.533. The van der Waals surface area contributed by atoms with Gasteiger partial charge in [-0.25, -0.2) is 0 Å². The molecule has 0 bridgehead atoms. The summed E-state index contributed by atoms with van der Waals surface area (Å²) in [6, 6.07) is 8.32. The van der Waals surface area contributed by atoms with E-state index in [2.05, 4.69) is 36.5 Å². The number of aryl methyl sites for hydroxylation is 2. The SMILES string of the molecule is Cc1ccc(CCC(=O)NCC2(N)CCC2)cc1.Cl.